The first-order chi connectivity index (χ1) is 7.09. The summed E-state index contributed by atoms with van der Waals surface area (Å²) in [5.41, 5.74) is 2.42. The molecular weight excluding hydrogens is 260 g/mol. The van der Waals surface area contributed by atoms with Gasteiger partial charge in [-0.15, -0.1) is 0 Å². The topological polar surface area (TPSA) is 66.0 Å². The van der Waals surface area contributed by atoms with Crippen molar-refractivity contribution < 1.29 is 9.90 Å². The van der Waals surface area contributed by atoms with Crippen LogP contribution in [-0.4, -0.2) is 21.0 Å². The third-order valence-corrected chi connectivity index (χ3v) is 3.06. The van der Waals surface area contributed by atoms with Crippen molar-refractivity contribution in [2.45, 2.75) is 12.8 Å². The Morgan fingerprint density at radius 3 is 3.00 bits per heavy atom. The molecule has 0 aliphatic carbocycles. The summed E-state index contributed by atoms with van der Waals surface area (Å²) in [4.78, 5) is 17.9. The second-order valence-corrected chi connectivity index (χ2v) is 4.21. The zero-order valence-corrected chi connectivity index (χ0v) is 9.58. The number of hydrogen-bond donors (Lipinski definition) is 2. The standard InChI is InChI=1S/C10H9BrN2O2/c1-5(10(14)15)6-2-8-9(3-7(6)11)13-4-12-8/h2-5H,1H3,(H,12,13)(H,14,15). The van der Waals surface area contributed by atoms with E-state index in [1.54, 1.807) is 13.3 Å². The SMILES string of the molecule is CC(C(=O)O)c1cc2[nH]cnc2cc1Br. The van der Waals surface area contributed by atoms with E-state index < -0.39 is 11.9 Å². The van der Waals surface area contributed by atoms with E-state index in [1.165, 1.54) is 0 Å². The van der Waals surface area contributed by atoms with E-state index in [9.17, 15) is 4.79 Å². The van der Waals surface area contributed by atoms with Crippen molar-refractivity contribution in [3.05, 3.63) is 28.5 Å². The first-order valence-corrected chi connectivity index (χ1v) is 5.24. The van der Waals surface area contributed by atoms with Crippen LogP contribution in [0, 0.1) is 0 Å². The van der Waals surface area contributed by atoms with E-state index in [2.05, 4.69) is 25.9 Å². The van der Waals surface area contributed by atoms with Crippen LogP contribution in [0.3, 0.4) is 0 Å². The Morgan fingerprint density at radius 1 is 1.60 bits per heavy atom. The smallest absolute Gasteiger partial charge is 0.310 e. The summed E-state index contributed by atoms with van der Waals surface area (Å²) in [5.74, 6) is -1.37. The molecule has 0 amide bonds. The predicted molar refractivity (Wildman–Crippen MR) is 59.8 cm³/mol. The predicted octanol–water partition coefficient (Wildman–Crippen LogP) is 2.51. The Kier molecular flexibility index (Phi) is 2.48. The fraction of sp³-hybridized carbons (Fsp3) is 0.200. The van der Waals surface area contributed by atoms with E-state index >= 15 is 0 Å². The highest BCUT2D eigenvalue weighted by Gasteiger charge is 2.17. The van der Waals surface area contributed by atoms with Crippen molar-refractivity contribution in [3.8, 4) is 0 Å². The zero-order chi connectivity index (χ0) is 11.0. The number of carboxylic acids is 1. The molecule has 2 rings (SSSR count). The fourth-order valence-corrected chi connectivity index (χ4v) is 2.11. The van der Waals surface area contributed by atoms with E-state index in [4.69, 9.17) is 5.11 Å². The molecular formula is C10H9BrN2O2. The van der Waals surface area contributed by atoms with Crippen molar-refractivity contribution in [1.82, 2.24) is 9.97 Å². The third-order valence-electron chi connectivity index (χ3n) is 2.38. The van der Waals surface area contributed by atoms with Crippen LogP contribution in [0.1, 0.15) is 18.4 Å². The second kappa shape index (κ2) is 3.66. The molecule has 2 N–H and O–H groups in total. The maximum absolute atomic E-state index is 10.9. The van der Waals surface area contributed by atoms with Crippen molar-refractivity contribution in [3.63, 3.8) is 0 Å². The second-order valence-electron chi connectivity index (χ2n) is 3.35. The molecule has 0 radical (unpaired) electrons. The number of rotatable bonds is 2. The largest absolute Gasteiger partial charge is 0.481 e. The van der Waals surface area contributed by atoms with Gasteiger partial charge in [0, 0.05) is 4.47 Å². The highest BCUT2D eigenvalue weighted by Crippen LogP contribution is 2.28. The maximum Gasteiger partial charge on any atom is 0.310 e. The molecule has 1 heterocycles. The minimum absolute atomic E-state index is 0.535. The quantitative estimate of drug-likeness (QED) is 0.880. The molecule has 1 atom stereocenters. The van der Waals surface area contributed by atoms with Gasteiger partial charge in [-0.3, -0.25) is 4.79 Å². The molecule has 0 fully saturated rings. The van der Waals surface area contributed by atoms with Crippen molar-refractivity contribution in [1.29, 1.82) is 0 Å². The molecule has 0 aliphatic rings. The van der Waals surface area contributed by atoms with Gasteiger partial charge in [0.1, 0.15) is 0 Å². The zero-order valence-electron chi connectivity index (χ0n) is 7.99. The molecule has 1 unspecified atom stereocenters. The molecule has 1 aromatic heterocycles. The Hall–Kier alpha value is -1.36. The van der Waals surface area contributed by atoms with Crippen LogP contribution >= 0.6 is 15.9 Å². The summed E-state index contributed by atoms with van der Waals surface area (Å²) in [6.07, 6.45) is 1.59. The van der Waals surface area contributed by atoms with Gasteiger partial charge in [-0.1, -0.05) is 15.9 Å². The van der Waals surface area contributed by atoms with Crippen molar-refractivity contribution >= 4 is 32.9 Å². The van der Waals surface area contributed by atoms with Gasteiger partial charge < -0.3 is 10.1 Å². The summed E-state index contributed by atoms with van der Waals surface area (Å²) in [6, 6.07) is 3.63. The number of benzene rings is 1. The minimum Gasteiger partial charge on any atom is -0.481 e. The molecule has 0 saturated heterocycles. The average molecular weight is 269 g/mol. The normalized spacial score (nSPS) is 12.9. The fourth-order valence-electron chi connectivity index (χ4n) is 1.44. The van der Waals surface area contributed by atoms with E-state index in [0.717, 1.165) is 21.1 Å². The van der Waals surface area contributed by atoms with Crippen LogP contribution in [0.5, 0.6) is 0 Å². The number of aromatic nitrogens is 2. The highest BCUT2D eigenvalue weighted by molar-refractivity contribution is 9.10. The third kappa shape index (κ3) is 1.74. The molecule has 0 saturated carbocycles. The van der Waals surface area contributed by atoms with Gasteiger partial charge >= 0.3 is 5.97 Å². The van der Waals surface area contributed by atoms with Gasteiger partial charge in [-0.2, -0.15) is 0 Å². The van der Waals surface area contributed by atoms with E-state index in [0.29, 0.717) is 0 Å². The number of carbonyl (C=O) groups is 1. The number of nitrogens with one attached hydrogen (secondary N) is 1. The van der Waals surface area contributed by atoms with Gasteiger partial charge in [-0.05, 0) is 24.6 Å². The van der Waals surface area contributed by atoms with Crippen LogP contribution in [0.2, 0.25) is 0 Å². The summed E-state index contributed by atoms with van der Waals surface area (Å²) in [6.45, 7) is 1.66. The van der Waals surface area contributed by atoms with Crippen molar-refractivity contribution in [2.24, 2.45) is 0 Å². The first-order valence-electron chi connectivity index (χ1n) is 4.45. The molecule has 4 nitrogen and oxygen atoms in total. The number of fused-ring (bicyclic) bond motifs is 1. The van der Waals surface area contributed by atoms with Gasteiger partial charge in [0.15, 0.2) is 0 Å². The monoisotopic (exact) mass is 268 g/mol. The van der Waals surface area contributed by atoms with Gasteiger partial charge in [-0.25, -0.2) is 4.98 Å². The van der Waals surface area contributed by atoms with Crippen LogP contribution in [0.15, 0.2) is 22.9 Å². The van der Waals surface area contributed by atoms with Gasteiger partial charge in [0.05, 0.1) is 23.3 Å². The summed E-state index contributed by atoms with van der Waals surface area (Å²) < 4.78 is 0.775. The lowest BCUT2D eigenvalue weighted by Crippen LogP contribution is -2.07. The lowest BCUT2D eigenvalue weighted by Gasteiger charge is -2.08. The van der Waals surface area contributed by atoms with Crippen LogP contribution in [0.25, 0.3) is 11.0 Å². The van der Waals surface area contributed by atoms with E-state index in [1.807, 2.05) is 12.1 Å². The van der Waals surface area contributed by atoms with Gasteiger partial charge in [0.25, 0.3) is 0 Å². The molecule has 0 spiro atoms. The minimum atomic E-state index is -0.838. The van der Waals surface area contributed by atoms with Crippen LogP contribution in [0.4, 0.5) is 0 Å². The lowest BCUT2D eigenvalue weighted by molar-refractivity contribution is -0.138. The number of imidazole rings is 1. The molecule has 0 aliphatic heterocycles. The summed E-state index contributed by atoms with van der Waals surface area (Å²) in [7, 11) is 0. The van der Waals surface area contributed by atoms with Crippen molar-refractivity contribution in [2.75, 3.05) is 0 Å². The number of aromatic amines is 1. The van der Waals surface area contributed by atoms with Crippen LogP contribution < -0.4 is 0 Å². The number of halogens is 1. The Bertz CT molecular complexity index is 521. The molecule has 2 aromatic rings. The first kappa shape index (κ1) is 10.2. The molecule has 78 valence electrons. The Morgan fingerprint density at radius 2 is 2.33 bits per heavy atom. The number of hydrogen-bond acceptors (Lipinski definition) is 2. The van der Waals surface area contributed by atoms with Gasteiger partial charge in [0.2, 0.25) is 0 Å². The lowest BCUT2D eigenvalue weighted by atomic mass is 10.0. The molecule has 0 bridgehead atoms. The maximum atomic E-state index is 10.9. The van der Waals surface area contributed by atoms with E-state index in [-0.39, 0.29) is 0 Å². The molecule has 15 heavy (non-hydrogen) atoms. The summed E-state index contributed by atoms with van der Waals surface area (Å²) in [5, 5.41) is 8.94. The highest BCUT2D eigenvalue weighted by atomic mass is 79.9. The number of aliphatic carboxylic acids is 1. The average Bonchev–Trinajstić information content (AvgIpc) is 2.62. The molecule has 5 heteroatoms. The Labute approximate surface area is 94.5 Å². The number of carboxylic acid groups (broad SMARTS) is 1. The number of H-pyrrole nitrogens is 1. The van der Waals surface area contributed by atoms with Crippen LogP contribution in [-0.2, 0) is 4.79 Å². The molecule has 1 aromatic carbocycles. The Balaban J connectivity index is 2.59. The number of nitrogens with zero attached hydrogens (tertiary/aromatic N) is 1. The summed E-state index contributed by atoms with van der Waals surface area (Å²) >= 11 is 3.35.